The van der Waals surface area contributed by atoms with Crippen molar-refractivity contribution in [3.8, 4) is 11.3 Å². The van der Waals surface area contributed by atoms with Gasteiger partial charge in [-0.05, 0) is 37.1 Å². The van der Waals surface area contributed by atoms with Crippen molar-refractivity contribution >= 4 is 16.9 Å². The average Bonchev–Trinajstić information content (AvgIpc) is 3.18. The van der Waals surface area contributed by atoms with Crippen molar-refractivity contribution in [3.63, 3.8) is 0 Å². The van der Waals surface area contributed by atoms with E-state index in [1.807, 2.05) is 43.3 Å². The molecule has 0 spiro atoms. The molecule has 4 rings (SSSR count). The van der Waals surface area contributed by atoms with Crippen molar-refractivity contribution in [1.29, 1.82) is 0 Å². The van der Waals surface area contributed by atoms with Crippen LogP contribution in [0.4, 0.5) is 4.39 Å². The van der Waals surface area contributed by atoms with Crippen molar-refractivity contribution in [2.24, 2.45) is 0 Å². The van der Waals surface area contributed by atoms with Crippen LogP contribution in [0.5, 0.6) is 0 Å². The van der Waals surface area contributed by atoms with E-state index >= 15 is 0 Å². The van der Waals surface area contributed by atoms with Crippen molar-refractivity contribution in [2.75, 3.05) is 6.54 Å². The van der Waals surface area contributed by atoms with E-state index in [9.17, 15) is 9.18 Å². The fourth-order valence-corrected chi connectivity index (χ4v) is 3.29. The molecule has 2 heterocycles. The molecule has 4 aromatic rings. The lowest BCUT2D eigenvalue weighted by Gasteiger charge is -2.09. The lowest BCUT2D eigenvalue weighted by atomic mass is 10.1. The number of halogens is 1. The van der Waals surface area contributed by atoms with Crippen molar-refractivity contribution in [2.45, 2.75) is 19.9 Å². The van der Waals surface area contributed by atoms with Gasteiger partial charge in [0.1, 0.15) is 5.82 Å². The highest BCUT2D eigenvalue weighted by Gasteiger charge is 2.17. The van der Waals surface area contributed by atoms with Gasteiger partial charge in [0.2, 0.25) is 0 Å². The van der Waals surface area contributed by atoms with E-state index in [-0.39, 0.29) is 11.7 Å². The standard InChI is InChI=1S/C23H21FN4O/c1-2-28-22-20(15-26-28)19(14-21(27-22)17-6-4-3-5-7-17)23(29)25-13-12-16-8-10-18(24)11-9-16/h3-11,14-15H,2,12-13H2,1H3,(H,25,29). The van der Waals surface area contributed by atoms with Crippen LogP contribution in [0.2, 0.25) is 0 Å². The topological polar surface area (TPSA) is 59.8 Å². The SMILES string of the molecule is CCn1ncc2c(C(=O)NCCc3ccc(F)cc3)cc(-c3ccccc3)nc21. The molecule has 0 fully saturated rings. The molecule has 5 nitrogen and oxygen atoms in total. The van der Waals surface area contributed by atoms with Gasteiger partial charge in [-0.1, -0.05) is 42.5 Å². The summed E-state index contributed by atoms with van der Waals surface area (Å²) < 4.78 is 14.8. The Morgan fingerprint density at radius 3 is 2.59 bits per heavy atom. The average molecular weight is 388 g/mol. The van der Waals surface area contributed by atoms with Gasteiger partial charge >= 0.3 is 0 Å². The Bertz CT molecular complexity index is 1140. The molecule has 2 aromatic carbocycles. The first-order valence-electron chi connectivity index (χ1n) is 9.60. The third-order valence-corrected chi connectivity index (χ3v) is 4.84. The van der Waals surface area contributed by atoms with Crippen molar-refractivity contribution in [1.82, 2.24) is 20.1 Å². The number of aryl methyl sites for hydroxylation is 1. The first-order valence-corrected chi connectivity index (χ1v) is 9.60. The van der Waals surface area contributed by atoms with Gasteiger partial charge in [-0.25, -0.2) is 14.1 Å². The van der Waals surface area contributed by atoms with Crippen LogP contribution >= 0.6 is 0 Å². The zero-order chi connectivity index (χ0) is 20.2. The van der Waals surface area contributed by atoms with E-state index < -0.39 is 0 Å². The van der Waals surface area contributed by atoms with Crippen LogP contribution in [0.3, 0.4) is 0 Å². The normalized spacial score (nSPS) is 11.0. The largest absolute Gasteiger partial charge is 0.352 e. The zero-order valence-electron chi connectivity index (χ0n) is 16.1. The highest BCUT2D eigenvalue weighted by atomic mass is 19.1. The number of benzene rings is 2. The minimum absolute atomic E-state index is 0.174. The molecule has 0 unspecified atom stereocenters. The summed E-state index contributed by atoms with van der Waals surface area (Å²) >= 11 is 0. The number of carbonyl (C=O) groups is 1. The quantitative estimate of drug-likeness (QED) is 0.538. The van der Waals surface area contributed by atoms with E-state index in [1.165, 1.54) is 12.1 Å². The third kappa shape index (κ3) is 4.01. The predicted octanol–water partition coefficient (Wildman–Crippen LogP) is 4.23. The molecule has 2 aromatic heterocycles. The molecule has 0 aliphatic carbocycles. The Labute approximate surface area is 168 Å². The molecule has 0 saturated heterocycles. The molecule has 0 radical (unpaired) electrons. The Morgan fingerprint density at radius 1 is 1.10 bits per heavy atom. The van der Waals surface area contributed by atoms with Gasteiger partial charge in [-0.2, -0.15) is 5.10 Å². The molecular weight excluding hydrogens is 367 g/mol. The number of nitrogens with zero attached hydrogens (tertiary/aromatic N) is 3. The minimum Gasteiger partial charge on any atom is -0.352 e. The number of fused-ring (bicyclic) bond motifs is 1. The maximum atomic E-state index is 13.0. The van der Waals surface area contributed by atoms with E-state index in [0.717, 1.165) is 22.2 Å². The monoisotopic (exact) mass is 388 g/mol. The summed E-state index contributed by atoms with van der Waals surface area (Å²) in [6, 6.07) is 17.9. The second-order valence-corrected chi connectivity index (χ2v) is 6.75. The summed E-state index contributed by atoms with van der Waals surface area (Å²) in [6.07, 6.45) is 2.31. The summed E-state index contributed by atoms with van der Waals surface area (Å²) in [5.41, 5.74) is 3.89. The maximum Gasteiger partial charge on any atom is 0.252 e. The number of carbonyl (C=O) groups excluding carboxylic acids is 1. The van der Waals surface area contributed by atoms with Crippen LogP contribution in [0.15, 0.2) is 66.9 Å². The lowest BCUT2D eigenvalue weighted by Crippen LogP contribution is -2.26. The van der Waals surface area contributed by atoms with Crippen LogP contribution in [0.1, 0.15) is 22.8 Å². The van der Waals surface area contributed by atoms with Crippen LogP contribution in [-0.2, 0) is 13.0 Å². The Kier molecular flexibility index (Phi) is 5.33. The Morgan fingerprint density at radius 2 is 1.86 bits per heavy atom. The van der Waals surface area contributed by atoms with Crippen LogP contribution in [-0.4, -0.2) is 27.2 Å². The van der Waals surface area contributed by atoms with E-state index in [1.54, 1.807) is 23.0 Å². The van der Waals surface area contributed by atoms with Gasteiger partial charge < -0.3 is 5.32 Å². The highest BCUT2D eigenvalue weighted by molar-refractivity contribution is 6.06. The maximum absolute atomic E-state index is 13.0. The predicted molar refractivity (Wildman–Crippen MR) is 111 cm³/mol. The van der Waals surface area contributed by atoms with Crippen LogP contribution in [0.25, 0.3) is 22.3 Å². The van der Waals surface area contributed by atoms with E-state index in [4.69, 9.17) is 4.98 Å². The fourth-order valence-electron chi connectivity index (χ4n) is 3.29. The molecule has 0 aliphatic heterocycles. The fraction of sp³-hybridized carbons (Fsp3) is 0.174. The molecule has 0 aliphatic rings. The highest BCUT2D eigenvalue weighted by Crippen LogP contribution is 2.25. The van der Waals surface area contributed by atoms with Crippen LogP contribution < -0.4 is 5.32 Å². The second-order valence-electron chi connectivity index (χ2n) is 6.75. The molecule has 1 N–H and O–H groups in total. The van der Waals surface area contributed by atoms with Gasteiger partial charge in [0.15, 0.2) is 5.65 Å². The summed E-state index contributed by atoms with van der Waals surface area (Å²) in [5, 5.41) is 8.06. The van der Waals surface area contributed by atoms with Crippen molar-refractivity contribution < 1.29 is 9.18 Å². The summed E-state index contributed by atoms with van der Waals surface area (Å²) in [4.78, 5) is 17.7. The number of amides is 1. The number of aromatic nitrogens is 3. The number of pyridine rings is 1. The van der Waals surface area contributed by atoms with Gasteiger partial charge in [0, 0.05) is 18.7 Å². The smallest absolute Gasteiger partial charge is 0.252 e. The number of rotatable bonds is 6. The Balaban J connectivity index is 1.62. The van der Waals surface area contributed by atoms with E-state index in [2.05, 4.69) is 10.4 Å². The van der Waals surface area contributed by atoms with Gasteiger partial charge in [-0.3, -0.25) is 4.79 Å². The Hall–Kier alpha value is -3.54. The molecule has 0 saturated carbocycles. The summed E-state index contributed by atoms with van der Waals surface area (Å²) in [7, 11) is 0. The molecule has 146 valence electrons. The summed E-state index contributed by atoms with van der Waals surface area (Å²) in [5.74, 6) is -0.439. The molecule has 0 atom stereocenters. The third-order valence-electron chi connectivity index (χ3n) is 4.84. The minimum atomic E-state index is -0.265. The van der Waals surface area contributed by atoms with Crippen molar-refractivity contribution in [3.05, 3.63) is 83.8 Å². The lowest BCUT2D eigenvalue weighted by molar-refractivity contribution is 0.0955. The van der Waals surface area contributed by atoms with Gasteiger partial charge in [0.05, 0.1) is 22.8 Å². The molecular formula is C23H21FN4O. The van der Waals surface area contributed by atoms with Gasteiger partial charge in [-0.15, -0.1) is 0 Å². The number of hydrogen-bond donors (Lipinski definition) is 1. The zero-order valence-corrected chi connectivity index (χ0v) is 16.1. The van der Waals surface area contributed by atoms with Gasteiger partial charge in [0.25, 0.3) is 5.91 Å². The first-order chi connectivity index (χ1) is 14.2. The first kappa shape index (κ1) is 18.8. The molecule has 0 bridgehead atoms. The second kappa shape index (κ2) is 8.22. The number of nitrogens with one attached hydrogen (secondary N) is 1. The summed E-state index contributed by atoms with van der Waals surface area (Å²) in [6.45, 7) is 3.11. The molecule has 6 heteroatoms. The number of hydrogen-bond acceptors (Lipinski definition) is 3. The van der Waals surface area contributed by atoms with E-state index in [0.29, 0.717) is 30.7 Å². The molecule has 29 heavy (non-hydrogen) atoms. The molecule has 1 amide bonds. The van der Waals surface area contributed by atoms with Crippen LogP contribution in [0, 0.1) is 5.82 Å².